The van der Waals surface area contributed by atoms with Crippen LogP contribution < -0.4 is 0 Å². The average Bonchev–Trinajstić information content (AvgIpc) is 3.66. The fraction of sp³-hybridized carbons (Fsp3) is 0.167. The van der Waals surface area contributed by atoms with Crippen LogP contribution in [0, 0.1) is 0 Å². The molecule has 0 aliphatic heterocycles. The van der Waals surface area contributed by atoms with E-state index in [0.717, 1.165) is 12.8 Å². The highest BCUT2D eigenvalue weighted by molar-refractivity contribution is 6.13. The molecule has 0 amide bonds. The minimum atomic E-state index is -0.0820. The first-order valence-corrected chi connectivity index (χ1v) is 21.8. The van der Waals surface area contributed by atoms with Crippen molar-refractivity contribution in [1.29, 1.82) is 0 Å². The van der Waals surface area contributed by atoms with Crippen LogP contribution in [-0.2, 0) is 17.3 Å². The van der Waals surface area contributed by atoms with E-state index in [-0.39, 0.29) is 10.8 Å². The Kier molecular flexibility index (Phi) is 8.40. The summed E-state index contributed by atoms with van der Waals surface area (Å²) in [5.41, 5.74) is 21.7. The summed E-state index contributed by atoms with van der Waals surface area (Å²) in [4.78, 5) is 0. The molecule has 9 aromatic carbocycles. The normalized spacial score (nSPS) is 14.8. The van der Waals surface area contributed by atoms with Crippen LogP contribution in [0.4, 0.5) is 0 Å². The third-order valence-corrected chi connectivity index (χ3v) is 14.3. The molecule has 0 fully saturated rings. The van der Waals surface area contributed by atoms with Gasteiger partial charge in [0.15, 0.2) is 0 Å². The zero-order valence-corrected chi connectivity index (χ0v) is 35.3. The summed E-state index contributed by atoms with van der Waals surface area (Å²) in [6.45, 7) is 12.0. The van der Waals surface area contributed by atoms with Gasteiger partial charge in [0, 0.05) is 10.8 Å². The highest BCUT2D eigenvalue weighted by Gasteiger charge is 2.37. The maximum absolute atomic E-state index is 2.52. The zero-order chi connectivity index (χ0) is 40.8. The molecule has 290 valence electrons. The number of benzene rings is 9. The first kappa shape index (κ1) is 36.6. The maximum Gasteiger partial charge on any atom is 0.0159 e. The molecule has 0 aromatic heterocycles. The Labute approximate surface area is 355 Å². The van der Waals surface area contributed by atoms with Gasteiger partial charge in [-0.05, 0) is 148 Å². The SMILES string of the molecule is CC(CCc1ccc2c(c1)C(C)(C)c1cc(-c3ccccc3)ccc1-2)c1ccc2c(c1)C(C)(C)c1cc(-c3ccc(-c4cc5ccccc5c5ccccc45)cc3)ccc1-2. The molecule has 2 aliphatic rings. The average molecular weight is 771 g/mol. The molecular weight excluding hydrogens is 721 g/mol. The second-order valence-electron chi connectivity index (χ2n) is 18.5. The topological polar surface area (TPSA) is 0 Å². The van der Waals surface area contributed by atoms with Crippen molar-refractivity contribution in [3.63, 3.8) is 0 Å². The van der Waals surface area contributed by atoms with Crippen molar-refractivity contribution in [2.75, 3.05) is 0 Å². The molecule has 60 heavy (non-hydrogen) atoms. The van der Waals surface area contributed by atoms with Crippen molar-refractivity contribution in [3.05, 3.63) is 215 Å². The fourth-order valence-electron chi connectivity index (χ4n) is 10.7. The lowest BCUT2D eigenvalue weighted by Crippen LogP contribution is -2.16. The summed E-state index contributed by atoms with van der Waals surface area (Å²) in [6, 6.07) is 68.6. The zero-order valence-electron chi connectivity index (χ0n) is 35.3. The van der Waals surface area contributed by atoms with E-state index in [9.17, 15) is 0 Å². The Balaban J connectivity index is 0.820. The molecule has 0 spiro atoms. The van der Waals surface area contributed by atoms with E-state index in [2.05, 4.69) is 217 Å². The second kappa shape index (κ2) is 13.8. The maximum atomic E-state index is 2.52. The monoisotopic (exact) mass is 770 g/mol. The van der Waals surface area contributed by atoms with E-state index in [1.807, 2.05) is 0 Å². The van der Waals surface area contributed by atoms with E-state index in [4.69, 9.17) is 0 Å². The van der Waals surface area contributed by atoms with Crippen LogP contribution in [0.15, 0.2) is 182 Å². The van der Waals surface area contributed by atoms with Crippen molar-refractivity contribution in [3.8, 4) is 55.6 Å². The first-order valence-electron chi connectivity index (χ1n) is 21.8. The van der Waals surface area contributed by atoms with Crippen LogP contribution in [0.3, 0.4) is 0 Å². The standard InChI is InChI=1S/C60H50/c1-38(19-20-39-21-29-50-52-31-27-44(40-13-7-6-8-14-40)36-57(52)59(2,3)55(50)33-39)43-26-30-51-53-32-28-45(37-58(53)60(4,5)56(51)35-43)41-22-24-42(25-23-41)54-34-46-15-9-10-16-47(46)48-17-11-12-18-49(48)54/h6-18,21-38H,19-20H2,1-5H3. The van der Waals surface area contributed by atoms with Crippen LogP contribution in [0.5, 0.6) is 0 Å². The summed E-state index contributed by atoms with van der Waals surface area (Å²) in [7, 11) is 0. The van der Waals surface area contributed by atoms with Gasteiger partial charge in [0.1, 0.15) is 0 Å². The van der Waals surface area contributed by atoms with Gasteiger partial charge in [-0.15, -0.1) is 0 Å². The molecule has 0 bridgehead atoms. The fourth-order valence-corrected chi connectivity index (χ4v) is 10.7. The first-order chi connectivity index (χ1) is 29.1. The highest BCUT2D eigenvalue weighted by Crippen LogP contribution is 2.52. The van der Waals surface area contributed by atoms with Gasteiger partial charge in [-0.25, -0.2) is 0 Å². The number of aryl methyl sites for hydroxylation is 1. The van der Waals surface area contributed by atoms with E-state index < -0.39 is 0 Å². The minimum Gasteiger partial charge on any atom is -0.0622 e. The molecule has 0 radical (unpaired) electrons. The summed E-state index contributed by atoms with van der Waals surface area (Å²) in [5.74, 6) is 0.454. The molecular formula is C60H50. The Morgan fingerprint density at radius 2 is 0.850 bits per heavy atom. The third-order valence-electron chi connectivity index (χ3n) is 14.3. The molecule has 0 heteroatoms. The molecule has 1 unspecified atom stereocenters. The van der Waals surface area contributed by atoms with E-state index >= 15 is 0 Å². The van der Waals surface area contributed by atoms with Gasteiger partial charge < -0.3 is 0 Å². The molecule has 0 saturated carbocycles. The van der Waals surface area contributed by atoms with E-state index in [1.165, 1.54) is 111 Å². The van der Waals surface area contributed by atoms with Crippen LogP contribution in [0.25, 0.3) is 77.2 Å². The summed E-state index contributed by atoms with van der Waals surface area (Å²) in [5, 5.41) is 5.19. The number of fused-ring (bicyclic) bond motifs is 9. The molecule has 2 aliphatic carbocycles. The van der Waals surface area contributed by atoms with Crippen LogP contribution >= 0.6 is 0 Å². The van der Waals surface area contributed by atoms with Gasteiger partial charge in [0.2, 0.25) is 0 Å². The van der Waals surface area contributed by atoms with Crippen molar-refractivity contribution >= 4 is 21.5 Å². The van der Waals surface area contributed by atoms with Gasteiger partial charge >= 0.3 is 0 Å². The van der Waals surface area contributed by atoms with Crippen LogP contribution in [0.1, 0.15) is 80.3 Å². The van der Waals surface area contributed by atoms with Crippen LogP contribution in [0.2, 0.25) is 0 Å². The Hall–Kier alpha value is -6.50. The largest absolute Gasteiger partial charge is 0.0622 e. The lowest BCUT2D eigenvalue weighted by Gasteiger charge is -2.24. The molecule has 9 aromatic rings. The predicted octanol–water partition coefficient (Wildman–Crippen LogP) is 16.3. The second-order valence-corrected chi connectivity index (χ2v) is 18.5. The highest BCUT2D eigenvalue weighted by atomic mass is 14.4. The van der Waals surface area contributed by atoms with Gasteiger partial charge in [-0.3, -0.25) is 0 Å². The molecule has 11 rings (SSSR count). The van der Waals surface area contributed by atoms with Gasteiger partial charge in [-0.2, -0.15) is 0 Å². The van der Waals surface area contributed by atoms with Crippen molar-refractivity contribution < 1.29 is 0 Å². The number of rotatable bonds is 7. The molecule has 0 nitrogen and oxygen atoms in total. The van der Waals surface area contributed by atoms with Crippen molar-refractivity contribution in [2.45, 2.75) is 64.2 Å². The molecule has 0 saturated heterocycles. The minimum absolute atomic E-state index is 0.0335. The van der Waals surface area contributed by atoms with Gasteiger partial charge in [0.05, 0.1) is 0 Å². The lowest BCUT2D eigenvalue weighted by atomic mass is 9.80. The van der Waals surface area contributed by atoms with Gasteiger partial charge in [-0.1, -0.05) is 198 Å². The lowest BCUT2D eigenvalue weighted by molar-refractivity contribution is 0.645. The smallest absolute Gasteiger partial charge is 0.0159 e. The van der Waals surface area contributed by atoms with Crippen LogP contribution in [-0.4, -0.2) is 0 Å². The van der Waals surface area contributed by atoms with Crippen molar-refractivity contribution in [1.82, 2.24) is 0 Å². The Bertz CT molecular complexity index is 3140. The molecule has 0 heterocycles. The van der Waals surface area contributed by atoms with E-state index in [0.29, 0.717) is 5.92 Å². The number of hydrogen-bond acceptors (Lipinski definition) is 0. The Morgan fingerprint density at radius 1 is 0.367 bits per heavy atom. The predicted molar refractivity (Wildman–Crippen MR) is 256 cm³/mol. The molecule has 1 atom stereocenters. The summed E-state index contributed by atoms with van der Waals surface area (Å²) in [6.07, 6.45) is 2.18. The van der Waals surface area contributed by atoms with Gasteiger partial charge in [0.25, 0.3) is 0 Å². The Morgan fingerprint density at radius 3 is 1.52 bits per heavy atom. The van der Waals surface area contributed by atoms with E-state index in [1.54, 1.807) is 0 Å². The third kappa shape index (κ3) is 5.80. The quantitative estimate of drug-likeness (QED) is 0.142. The molecule has 0 N–H and O–H groups in total. The summed E-state index contributed by atoms with van der Waals surface area (Å²) >= 11 is 0. The number of hydrogen-bond donors (Lipinski definition) is 0. The van der Waals surface area contributed by atoms with Crippen molar-refractivity contribution in [2.24, 2.45) is 0 Å². The summed E-state index contributed by atoms with van der Waals surface area (Å²) < 4.78 is 0.